The molecule has 9 heteroatoms. The molecule has 0 aliphatic heterocycles. The van der Waals surface area contributed by atoms with Gasteiger partial charge in [-0.25, -0.2) is 30.7 Å². The first-order valence-electron chi connectivity index (χ1n) is 5.11. The molecule has 2 aromatic carbocycles. The molecular formula is C12H3F7S2. The summed E-state index contributed by atoms with van der Waals surface area (Å²) in [7, 11) is 0. The van der Waals surface area contributed by atoms with Crippen molar-refractivity contribution in [2.24, 2.45) is 0 Å². The summed E-state index contributed by atoms with van der Waals surface area (Å²) in [5, 5.41) is 0. The first-order valence-corrected chi connectivity index (χ1v) is 6.37. The zero-order valence-corrected chi connectivity index (χ0v) is 11.4. The lowest BCUT2D eigenvalue weighted by Crippen LogP contribution is -1.99. The topological polar surface area (TPSA) is 0 Å². The van der Waals surface area contributed by atoms with E-state index >= 15 is 0 Å². The summed E-state index contributed by atoms with van der Waals surface area (Å²) in [6, 6.07) is 0.0980. The summed E-state index contributed by atoms with van der Waals surface area (Å²) < 4.78 is 92.7. The molecule has 2 aromatic rings. The van der Waals surface area contributed by atoms with Gasteiger partial charge >= 0.3 is 0 Å². The summed E-state index contributed by atoms with van der Waals surface area (Å²) in [4.78, 5) is -2.91. The lowest BCUT2D eigenvalue weighted by Gasteiger charge is -2.10. The highest BCUT2D eigenvalue weighted by Gasteiger charge is 2.24. The van der Waals surface area contributed by atoms with E-state index in [1.165, 1.54) is 0 Å². The molecule has 0 bridgehead atoms. The Bertz CT molecular complexity index is 704. The molecule has 0 aromatic heterocycles. The average Bonchev–Trinajstić information content (AvgIpc) is 2.42. The van der Waals surface area contributed by atoms with Crippen LogP contribution in [0.4, 0.5) is 30.7 Å². The van der Waals surface area contributed by atoms with Crippen LogP contribution in [0.25, 0.3) is 0 Å². The molecule has 0 fully saturated rings. The molecule has 0 atom stereocenters. The van der Waals surface area contributed by atoms with Gasteiger partial charge in [0.15, 0.2) is 34.9 Å². The van der Waals surface area contributed by atoms with E-state index in [0.29, 0.717) is 0 Å². The van der Waals surface area contributed by atoms with Crippen molar-refractivity contribution in [3.8, 4) is 0 Å². The molecule has 0 aliphatic carbocycles. The van der Waals surface area contributed by atoms with Crippen LogP contribution in [0.5, 0.6) is 0 Å². The van der Waals surface area contributed by atoms with E-state index in [-0.39, 0.29) is 23.9 Å². The summed E-state index contributed by atoms with van der Waals surface area (Å²) in [6.45, 7) is 0. The summed E-state index contributed by atoms with van der Waals surface area (Å²) in [5.74, 6) is -11.5. The van der Waals surface area contributed by atoms with Crippen molar-refractivity contribution in [1.82, 2.24) is 0 Å². The largest absolute Gasteiger partial charge is 0.206 e. The van der Waals surface area contributed by atoms with Gasteiger partial charge in [-0.3, -0.25) is 0 Å². The number of thiol groups is 1. The van der Waals surface area contributed by atoms with Crippen LogP contribution < -0.4 is 0 Å². The third-order valence-electron chi connectivity index (χ3n) is 2.38. The van der Waals surface area contributed by atoms with Crippen molar-refractivity contribution in [3.63, 3.8) is 0 Å². The van der Waals surface area contributed by atoms with Gasteiger partial charge in [-0.1, -0.05) is 11.8 Å². The third-order valence-corrected chi connectivity index (χ3v) is 4.12. The van der Waals surface area contributed by atoms with Gasteiger partial charge in [-0.05, 0) is 0 Å². The SMILES string of the molecule is Fc1cc(F)c(Sc2c(F)c(F)cc(F)c2F)c(S)c1F. The minimum atomic E-state index is -1.78. The van der Waals surface area contributed by atoms with Crippen LogP contribution >= 0.6 is 24.4 Å². The Morgan fingerprint density at radius 1 is 0.619 bits per heavy atom. The fourth-order valence-electron chi connectivity index (χ4n) is 1.41. The van der Waals surface area contributed by atoms with Crippen LogP contribution in [0, 0.1) is 40.7 Å². The Labute approximate surface area is 123 Å². The van der Waals surface area contributed by atoms with E-state index in [2.05, 4.69) is 12.6 Å². The van der Waals surface area contributed by atoms with Gasteiger partial charge in [0, 0.05) is 12.1 Å². The highest BCUT2D eigenvalue weighted by atomic mass is 32.2. The number of hydrogen-bond donors (Lipinski definition) is 1. The molecule has 0 heterocycles. The second-order valence-corrected chi connectivity index (χ2v) is 5.20. The molecule has 0 saturated heterocycles. The Hall–Kier alpha value is -1.35. The van der Waals surface area contributed by atoms with Crippen molar-refractivity contribution < 1.29 is 30.7 Å². The van der Waals surface area contributed by atoms with Crippen molar-refractivity contribution in [1.29, 1.82) is 0 Å². The van der Waals surface area contributed by atoms with Crippen molar-refractivity contribution in [2.45, 2.75) is 14.7 Å². The predicted octanol–water partition coefficient (Wildman–Crippen LogP) is 5.10. The molecule has 21 heavy (non-hydrogen) atoms. The van der Waals surface area contributed by atoms with Gasteiger partial charge in [-0.15, -0.1) is 12.6 Å². The van der Waals surface area contributed by atoms with Crippen LogP contribution in [0.2, 0.25) is 0 Å². The molecule has 0 unspecified atom stereocenters. The molecule has 0 nitrogen and oxygen atoms in total. The highest BCUT2D eigenvalue weighted by molar-refractivity contribution is 7.99. The highest BCUT2D eigenvalue weighted by Crippen LogP contribution is 2.40. The average molecular weight is 344 g/mol. The number of halogens is 7. The first kappa shape index (κ1) is 16.0. The van der Waals surface area contributed by atoms with E-state index in [9.17, 15) is 30.7 Å². The predicted molar refractivity (Wildman–Crippen MR) is 64.0 cm³/mol. The van der Waals surface area contributed by atoms with Gasteiger partial charge in [0.25, 0.3) is 0 Å². The Morgan fingerprint density at radius 3 is 1.57 bits per heavy atom. The van der Waals surface area contributed by atoms with Crippen molar-refractivity contribution in [2.75, 3.05) is 0 Å². The molecule has 2 rings (SSSR count). The second kappa shape index (κ2) is 5.80. The van der Waals surface area contributed by atoms with E-state index in [1.54, 1.807) is 0 Å². The maximum Gasteiger partial charge on any atom is 0.175 e. The molecular weight excluding hydrogens is 341 g/mol. The molecule has 0 radical (unpaired) electrons. The first-order chi connectivity index (χ1) is 9.73. The number of hydrogen-bond acceptors (Lipinski definition) is 2. The summed E-state index contributed by atoms with van der Waals surface area (Å²) in [6.07, 6.45) is 0. The minimum Gasteiger partial charge on any atom is -0.206 e. The van der Waals surface area contributed by atoms with E-state index in [0.717, 1.165) is 0 Å². The van der Waals surface area contributed by atoms with Gasteiger partial charge in [0.1, 0.15) is 5.82 Å². The zero-order chi connectivity index (χ0) is 15.9. The van der Waals surface area contributed by atoms with Crippen LogP contribution in [0.1, 0.15) is 0 Å². The quantitative estimate of drug-likeness (QED) is 0.449. The lowest BCUT2D eigenvalue weighted by atomic mass is 10.3. The van der Waals surface area contributed by atoms with Crippen molar-refractivity contribution in [3.05, 3.63) is 52.9 Å². The summed E-state index contributed by atoms with van der Waals surface area (Å²) in [5.41, 5.74) is 0. The van der Waals surface area contributed by atoms with Crippen LogP contribution in [-0.4, -0.2) is 0 Å². The number of benzene rings is 2. The van der Waals surface area contributed by atoms with E-state index in [1.807, 2.05) is 0 Å². The maximum atomic E-state index is 13.5. The second-order valence-electron chi connectivity index (χ2n) is 3.73. The van der Waals surface area contributed by atoms with Gasteiger partial charge in [0.05, 0.1) is 14.7 Å². The van der Waals surface area contributed by atoms with Crippen LogP contribution in [-0.2, 0) is 0 Å². The van der Waals surface area contributed by atoms with Gasteiger partial charge in [-0.2, -0.15) is 0 Å². The maximum absolute atomic E-state index is 13.5. The molecule has 0 spiro atoms. The normalized spacial score (nSPS) is 11.0. The Kier molecular flexibility index (Phi) is 4.43. The lowest BCUT2D eigenvalue weighted by molar-refractivity contribution is 0.425. The van der Waals surface area contributed by atoms with Gasteiger partial charge in [0.2, 0.25) is 0 Å². The smallest absolute Gasteiger partial charge is 0.175 e. The summed E-state index contributed by atoms with van der Waals surface area (Å²) >= 11 is 3.35. The van der Waals surface area contributed by atoms with E-state index < -0.39 is 55.4 Å². The Morgan fingerprint density at radius 2 is 1.05 bits per heavy atom. The standard InChI is InChI=1S/C12H3F7S2/c13-3-2-6(16)11(10(20)7(3)17)21-12-8(18)4(14)1-5(15)9(12)19/h1-2,20H. The molecule has 0 saturated carbocycles. The van der Waals surface area contributed by atoms with E-state index in [4.69, 9.17) is 0 Å². The Balaban J connectivity index is 2.62. The fraction of sp³-hybridized carbons (Fsp3) is 0. The molecule has 0 aliphatic rings. The third kappa shape index (κ3) is 2.84. The van der Waals surface area contributed by atoms with Crippen LogP contribution in [0.15, 0.2) is 26.8 Å². The van der Waals surface area contributed by atoms with Crippen molar-refractivity contribution >= 4 is 24.4 Å². The van der Waals surface area contributed by atoms with Crippen LogP contribution in [0.3, 0.4) is 0 Å². The van der Waals surface area contributed by atoms with Gasteiger partial charge < -0.3 is 0 Å². The fourth-order valence-corrected chi connectivity index (χ4v) is 2.68. The number of rotatable bonds is 2. The molecule has 0 amide bonds. The molecule has 0 N–H and O–H groups in total. The molecule has 112 valence electrons. The zero-order valence-electron chi connectivity index (χ0n) is 9.66. The monoisotopic (exact) mass is 344 g/mol. The minimum absolute atomic E-state index is 0.0298.